The zero-order valence-electron chi connectivity index (χ0n) is 21.5. The Hall–Kier alpha value is -2.29. The maximum absolute atomic E-state index is 13.5. The van der Waals surface area contributed by atoms with E-state index in [1.54, 1.807) is 6.07 Å². The highest BCUT2D eigenvalue weighted by molar-refractivity contribution is 5.76. The van der Waals surface area contributed by atoms with Crippen LogP contribution in [0.2, 0.25) is 0 Å². The molecule has 0 radical (unpaired) electrons. The van der Waals surface area contributed by atoms with Gasteiger partial charge in [0, 0.05) is 38.3 Å². The maximum atomic E-state index is 13.5. The lowest BCUT2D eigenvalue weighted by atomic mass is 9.86. The zero-order chi connectivity index (χ0) is 26.3. The number of nitrogens with zero attached hydrogens (tertiary/aromatic N) is 3. The Balaban J connectivity index is 1.64. The number of carboxylic acid groups (broad SMARTS) is 1. The third-order valence-corrected chi connectivity index (χ3v) is 7.68. The number of aliphatic carboxylic acids is 1. The first-order chi connectivity index (χ1) is 17.1. The lowest BCUT2D eigenvalue weighted by Gasteiger charge is -2.37. The second kappa shape index (κ2) is 12.8. The van der Waals surface area contributed by atoms with E-state index in [1.807, 2.05) is 9.80 Å². The second-order valence-corrected chi connectivity index (χ2v) is 10.1. The number of carboxylic acids is 1. The molecule has 6 nitrogen and oxygen atoms in total. The first kappa shape index (κ1) is 28.3. The lowest BCUT2D eigenvalue weighted by Crippen LogP contribution is -2.39. The van der Waals surface area contributed by atoms with Crippen molar-refractivity contribution in [3.63, 3.8) is 0 Å². The van der Waals surface area contributed by atoms with Crippen molar-refractivity contribution in [3.8, 4) is 0 Å². The molecule has 2 saturated heterocycles. The van der Waals surface area contributed by atoms with Crippen LogP contribution in [0.5, 0.6) is 0 Å². The summed E-state index contributed by atoms with van der Waals surface area (Å²) in [5.41, 5.74) is 0.759. The highest BCUT2D eigenvalue weighted by atomic mass is 19.4. The molecule has 0 saturated carbocycles. The van der Waals surface area contributed by atoms with E-state index < -0.39 is 23.6 Å². The fourth-order valence-electron chi connectivity index (χ4n) is 5.50. The van der Waals surface area contributed by atoms with Crippen LogP contribution in [0.1, 0.15) is 75.8 Å². The van der Waals surface area contributed by atoms with E-state index in [0.717, 1.165) is 44.1 Å². The normalized spacial score (nSPS) is 18.2. The van der Waals surface area contributed by atoms with Crippen molar-refractivity contribution in [3.05, 3.63) is 29.3 Å². The molecule has 1 N–H and O–H groups in total. The molecule has 0 unspecified atom stereocenters. The first-order valence-electron chi connectivity index (χ1n) is 13.3. The molecule has 0 atom stereocenters. The molecule has 3 rings (SSSR count). The van der Waals surface area contributed by atoms with Crippen LogP contribution >= 0.6 is 0 Å². The number of halogens is 3. The fraction of sp³-hybridized carbons (Fsp3) is 0.704. The summed E-state index contributed by atoms with van der Waals surface area (Å²) in [4.78, 5) is 30.2. The summed E-state index contributed by atoms with van der Waals surface area (Å²) >= 11 is 0. The number of hydrogen-bond donors (Lipinski definition) is 1. The van der Waals surface area contributed by atoms with Crippen molar-refractivity contribution in [2.24, 2.45) is 5.92 Å². The SMILES string of the molecule is CCCN(CC)CCCC(=O)N1CCC(c2ccc(C(F)(F)F)cc2N2CCC(C(=O)O)CC2)CC1. The molecule has 0 bridgehead atoms. The average Bonchev–Trinajstić information content (AvgIpc) is 2.87. The summed E-state index contributed by atoms with van der Waals surface area (Å²) in [5.74, 6) is -1.06. The zero-order valence-corrected chi connectivity index (χ0v) is 21.5. The topological polar surface area (TPSA) is 64.1 Å². The lowest BCUT2D eigenvalue weighted by molar-refractivity contribution is -0.142. The predicted octanol–water partition coefficient (Wildman–Crippen LogP) is 5.22. The predicted molar refractivity (Wildman–Crippen MR) is 134 cm³/mol. The number of amides is 1. The summed E-state index contributed by atoms with van der Waals surface area (Å²) in [7, 11) is 0. The van der Waals surface area contributed by atoms with E-state index in [-0.39, 0.29) is 11.8 Å². The number of likely N-dealkylation sites (tertiary alicyclic amines) is 1. The minimum atomic E-state index is -4.44. The quantitative estimate of drug-likeness (QED) is 0.466. The molecule has 0 spiro atoms. The van der Waals surface area contributed by atoms with Crippen molar-refractivity contribution in [2.75, 3.05) is 50.7 Å². The Labute approximate surface area is 212 Å². The van der Waals surface area contributed by atoms with Gasteiger partial charge in [-0.15, -0.1) is 0 Å². The van der Waals surface area contributed by atoms with E-state index in [0.29, 0.717) is 64.0 Å². The minimum absolute atomic E-state index is 0.0728. The number of benzene rings is 1. The van der Waals surface area contributed by atoms with E-state index >= 15 is 0 Å². The van der Waals surface area contributed by atoms with Gasteiger partial charge in [0.2, 0.25) is 5.91 Å². The second-order valence-electron chi connectivity index (χ2n) is 10.1. The molecule has 2 aliphatic rings. The van der Waals surface area contributed by atoms with Crippen molar-refractivity contribution >= 4 is 17.6 Å². The Morgan fingerprint density at radius 2 is 1.69 bits per heavy atom. The van der Waals surface area contributed by atoms with Gasteiger partial charge in [-0.25, -0.2) is 0 Å². The Morgan fingerprint density at radius 1 is 1.03 bits per heavy atom. The van der Waals surface area contributed by atoms with E-state index in [4.69, 9.17) is 0 Å². The van der Waals surface area contributed by atoms with Gasteiger partial charge < -0.3 is 19.8 Å². The molecule has 2 fully saturated rings. The highest BCUT2D eigenvalue weighted by Gasteiger charge is 2.34. The average molecular weight is 512 g/mol. The molecule has 202 valence electrons. The Morgan fingerprint density at radius 3 is 2.25 bits per heavy atom. The largest absolute Gasteiger partial charge is 0.481 e. The van der Waals surface area contributed by atoms with Gasteiger partial charge in [-0.2, -0.15) is 13.2 Å². The van der Waals surface area contributed by atoms with Gasteiger partial charge in [0.15, 0.2) is 0 Å². The van der Waals surface area contributed by atoms with Crippen LogP contribution in [0, 0.1) is 5.92 Å². The first-order valence-corrected chi connectivity index (χ1v) is 13.3. The van der Waals surface area contributed by atoms with Crippen LogP contribution in [0.4, 0.5) is 18.9 Å². The number of carbonyl (C=O) groups excluding carboxylic acids is 1. The highest BCUT2D eigenvalue weighted by Crippen LogP contribution is 2.40. The molecule has 2 aliphatic heterocycles. The Bertz CT molecular complexity index is 877. The van der Waals surface area contributed by atoms with Gasteiger partial charge in [-0.1, -0.05) is 19.9 Å². The van der Waals surface area contributed by atoms with Crippen molar-refractivity contribution in [2.45, 2.75) is 70.9 Å². The van der Waals surface area contributed by atoms with Crippen LogP contribution in [0.3, 0.4) is 0 Å². The minimum Gasteiger partial charge on any atom is -0.481 e. The summed E-state index contributed by atoms with van der Waals surface area (Å²) in [6, 6.07) is 3.97. The summed E-state index contributed by atoms with van der Waals surface area (Å²) in [5, 5.41) is 9.29. The molecule has 9 heteroatoms. The summed E-state index contributed by atoms with van der Waals surface area (Å²) in [6.07, 6.45) is 0.291. The number of rotatable bonds is 10. The fourth-order valence-corrected chi connectivity index (χ4v) is 5.50. The molecule has 2 heterocycles. The van der Waals surface area contributed by atoms with Crippen LogP contribution in [0.15, 0.2) is 18.2 Å². The molecule has 0 aliphatic carbocycles. The van der Waals surface area contributed by atoms with Crippen molar-refractivity contribution in [1.82, 2.24) is 9.80 Å². The van der Waals surface area contributed by atoms with E-state index in [1.165, 1.54) is 6.07 Å². The van der Waals surface area contributed by atoms with Gasteiger partial charge >= 0.3 is 12.1 Å². The molecule has 1 aromatic carbocycles. The van der Waals surface area contributed by atoms with Crippen molar-refractivity contribution < 1.29 is 27.9 Å². The smallest absolute Gasteiger partial charge is 0.416 e. The molecular weight excluding hydrogens is 471 g/mol. The van der Waals surface area contributed by atoms with Crippen molar-refractivity contribution in [1.29, 1.82) is 0 Å². The van der Waals surface area contributed by atoms with Gasteiger partial charge in [0.1, 0.15) is 0 Å². The number of carbonyl (C=O) groups is 2. The van der Waals surface area contributed by atoms with Crippen LogP contribution < -0.4 is 4.90 Å². The third-order valence-electron chi connectivity index (χ3n) is 7.68. The number of hydrogen-bond acceptors (Lipinski definition) is 4. The standard InChI is InChI=1S/C27H40F3N3O3/c1-3-13-31(4-2)14-5-6-25(34)33-17-9-20(10-18-33)23-8-7-22(27(28,29)30)19-24(23)32-15-11-21(12-16-32)26(35)36/h7-8,19-21H,3-6,9-18H2,1-2H3,(H,35,36). The third kappa shape index (κ3) is 7.37. The molecule has 36 heavy (non-hydrogen) atoms. The van der Waals surface area contributed by atoms with Crippen LogP contribution in [-0.2, 0) is 15.8 Å². The monoisotopic (exact) mass is 511 g/mol. The molecular formula is C27H40F3N3O3. The van der Waals surface area contributed by atoms with Crippen LogP contribution in [-0.4, -0.2) is 72.6 Å². The van der Waals surface area contributed by atoms with Crippen LogP contribution in [0.25, 0.3) is 0 Å². The van der Waals surface area contributed by atoms with Gasteiger partial charge in [0.05, 0.1) is 11.5 Å². The molecule has 1 aromatic rings. The maximum Gasteiger partial charge on any atom is 0.416 e. The molecule has 0 aromatic heterocycles. The Kier molecular flexibility index (Phi) is 10.0. The molecule has 1 amide bonds. The van der Waals surface area contributed by atoms with Gasteiger partial charge in [-0.05, 0) is 81.8 Å². The number of anilines is 1. The summed E-state index contributed by atoms with van der Waals surface area (Å²) < 4.78 is 40.5. The number of piperidine rings is 2. The van der Waals surface area contributed by atoms with Gasteiger partial charge in [-0.3, -0.25) is 9.59 Å². The van der Waals surface area contributed by atoms with E-state index in [2.05, 4.69) is 18.7 Å². The van der Waals surface area contributed by atoms with Gasteiger partial charge in [0.25, 0.3) is 0 Å². The summed E-state index contributed by atoms with van der Waals surface area (Å²) in [6.45, 7) is 9.29. The van der Waals surface area contributed by atoms with E-state index in [9.17, 15) is 27.9 Å². The number of alkyl halides is 3.